The summed E-state index contributed by atoms with van der Waals surface area (Å²) in [6.45, 7) is 3.24. The highest BCUT2D eigenvalue weighted by Gasteiger charge is 2.23. The molecular weight excluding hydrogens is 378 g/mol. The van der Waals surface area contributed by atoms with E-state index in [2.05, 4.69) is 37.3 Å². The van der Waals surface area contributed by atoms with Crippen LogP contribution >= 0.6 is 0 Å². The van der Waals surface area contributed by atoms with Crippen LogP contribution in [0.15, 0.2) is 30.7 Å². The molecular formula is C19H20F2N8. The van der Waals surface area contributed by atoms with Gasteiger partial charge in [0.2, 0.25) is 5.95 Å². The Kier molecular flexibility index (Phi) is 4.16. The second kappa shape index (κ2) is 6.73. The molecule has 5 rings (SSSR count). The summed E-state index contributed by atoms with van der Waals surface area (Å²) in [4.78, 5) is 15.3. The lowest BCUT2D eigenvalue weighted by Crippen LogP contribution is -2.52. The minimum absolute atomic E-state index is 0.359. The van der Waals surface area contributed by atoms with Crippen LogP contribution in [0.4, 0.5) is 14.7 Å². The van der Waals surface area contributed by atoms with E-state index in [-0.39, 0.29) is 0 Å². The van der Waals surface area contributed by atoms with E-state index in [1.54, 1.807) is 23.8 Å². The number of nitrogens with one attached hydrogen (secondary N) is 1. The van der Waals surface area contributed by atoms with Crippen molar-refractivity contribution in [3.05, 3.63) is 36.5 Å². The van der Waals surface area contributed by atoms with E-state index < -0.39 is 13.0 Å². The van der Waals surface area contributed by atoms with Gasteiger partial charge in [-0.1, -0.05) is 0 Å². The molecule has 29 heavy (non-hydrogen) atoms. The molecule has 10 heteroatoms. The summed E-state index contributed by atoms with van der Waals surface area (Å²) in [5, 5.41) is 7.85. The van der Waals surface area contributed by atoms with E-state index >= 15 is 0 Å². The number of nitrogens with zero attached hydrogens (tertiary/aromatic N) is 7. The topological polar surface area (TPSA) is 76.2 Å². The fourth-order valence-electron chi connectivity index (χ4n) is 3.82. The number of aryl methyl sites for hydroxylation is 1. The van der Waals surface area contributed by atoms with Gasteiger partial charge < -0.3 is 14.8 Å². The summed E-state index contributed by atoms with van der Waals surface area (Å²) >= 11 is 0. The molecule has 0 bridgehead atoms. The zero-order valence-electron chi connectivity index (χ0n) is 16.0. The van der Waals surface area contributed by atoms with Gasteiger partial charge >= 0.3 is 0 Å². The van der Waals surface area contributed by atoms with Gasteiger partial charge in [0.05, 0.1) is 29.8 Å². The number of pyridine rings is 1. The van der Waals surface area contributed by atoms with Gasteiger partial charge in [0.25, 0.3) is 6.43 Å². The van der Waals surface area contributed by atoms with Crippen molar-refractivity contribution in [3.8, 4) is 11.1 Å². The van der Waals surface area contributed by atoms with Crippen LogP contribution in [0.1, 0.15) is 5.82 Å². The van der Waals surface area contributed by atoms with Crippen LogP contribution in [0, 0.1) is 6.92 Å². The average molecular weight is 398 g/mol. The number of likely N-dealkylation sites (tertiary alicyclic amines) is 1. The largest absolute Gasteiger partial charge is 0.348 e. The van der Waals surface area contributed by atoms with Crippen LogP contribution in [0.2, 0.25) is 0 Å². The van der Waals surface area contributed by atoms with Gasteiger partial charge in [0.1, 0.15) is 5.82 Å². The van der Waals surface area contributed by atoms with Crippen molar-refractivity contribution in [1.82, 2.24) is 34.0 Å². The predicted octanol–water partition coefficient (Wildman–Crippen LogP) is 2.44. The van der Waals surface area contributed by atoms with Crippen LogP contribution in [-0.4, -0.2) is 66.6 Å². The Morgan fingerprint density at radius 3 is 2.79 bits per heavy atom. The van der Waals surface area contributed by atoms with Gasteiger partial charge in [-0.25, -0.2) is 28.2 Å². The third-order valence-electron chi connectivity index (χ3n) is 5.24. The zero-order valence-corrected chi connectivity index (χ0v) is 16.0. The quantitative estimate of drug-likeness (QED) is 0.557. The third-order valence-corrected chi connectivity index (χ3v) is 5.24. The highest BCUT2D eigenvalue weighted by atomic mass is 19.3. The number of fused-ring (bicyclic) bond motifs is 2. The van der Waals surface area contributed by atoms with Crippen LogP contribution < -0.4 is 5.32 Å². The summed E-state index contributed by atoms with van der Waals surface area (Å²) < 4.78 is 29.2. The molecule has 0 aliphatic carbocycles. The normalized spacial score (nSPS) is 15.5. The second-order valence-corrected chi connectivity index (χ2v) is 7.43. The van der Waals surface area contributed by atoms with Crippen molar-refractivity contribution in [3.63, 3.8) is 0 Å². The molecule has 0 amide bonds. The number of imidazole rings is 1. The number of hydrogen-bond acceptors (Lipinski definition) is 6. The van der Waals surface area contributed by atoms with E-state index in [9.17, 15) is 8.78 Å². The molecule has 0 unspecified atom stereocenters. The lowest BCUT2D eigenvalue weighted by atomic mass is 10.1. The minimum Gasteiger partial charge on any atom is -0.348 e. The average Bonchev–Trinajstić information content (AvgIpc) is 3.21. The van der Waals surface area contributed by atoms with Crippen LogP contribution in [0.3, 0.4) is 0 Å². The number of anilines is 1. The zero-order chi connectivity index (χ0) is 20.1. The van der Waals surface area contributed by atoms with Gasteiger partial charge in [-0.15, -0.1) is 5.10 Å². The molecule has 4 aromatic heterocycles. The van der Waals surface area contributed by atoms with E-state index in [0.717, 1.165) is 29.7 Å². The standard InChI is InChI=1S/C19H20F2N8/c1-11-24-18-15(28(11)10-17(20)21)5-12(6-22-18)14-3-4-29-16(14)7-23-19(26-29)25-13-8-27(2)9-13/h3-7,13,17H,8-10H2,1-2H3,(H,25,26). The van der Waals surface area contributed by atoms with Crippen LogP contribution in [0.25, 0.3) is 27.8 Å². The molecule has 8 nitrogen and oxygen atoms in total. The smallest absolute Gasteiger partial charge is 0.256 e. The molecule has 1 aliphatic rings. The van der Waals surface area contributed by atoms with Crippen molar-refractivity contribution in [2.45, 2.75) is 25.9 Å². The van der Waals surface area contributed by atoms with Gasteiger partial charge in [-0.2, -0.15) is 0 Å². The Balaban J connectivity index is 1.50. The molecule has 4 aromatic rings. The molecule has 1 N–H and O–H groups in total. The molecule has 0 aromatic carbocycles. The number of rotatable bonds is 5. The maximum atomic E-state index is 13.0. The molecule has 1 aliphatic heterocycles. The first-order valence-corrected chi connectivity index (χ1v) is 9.39. The first kappa shape index (κ1) is 17.9. The molecule has 150 valence electrons. The number of aromatic nitrogens is 6. The summed E-state index contributed by atoms with van der Waals surface area (Å²) in [6.07, 6.45) is 2.86. The molecule has 0 spiro atoms. The maximum Gasteiger partial charge on any atom is 0.256 e. The first-order valence-electron chi connectivity index (χ1n) is 9.39. The van der Waals surface area contributed by atoms with E-state index in [1.165, 1.54) is 4.57 Å². The number of halogens is 2. The second-order valence-electron chi connectivity index (χ2n) is 7.43. The molecule has 0 radical (unpaired) electrons. The molecule has 0 saturated carbocycles. The van der Waals surface area contributed by atoms with Crippen molar-refractivity contribution in [1.29, 1.82) is 0 Å². The SMILES string of the molecule is Cc1nc2ncc(-c3ccn4nc(NC5CN(C)C5)ncc34)cc2n1CC(F)F. The van der Waals surface area contributed by atoms with Gasteiger partial charge in [-0.3, -0.25) is 0 Å². The molecule has 1 saturated heterocycles. The number of alkyl halides is 2. The summed E-state index contributed by atoms with van der Waals surface area (Å²) in [6, 6.07) is 4.13. The van der Waals surface area contributed by atoms with Gasteiger partial charge in [-0.05, 0) is 26.1 Å². The highest BCUT2D eigenvalue weighted by Crippen LogP contribution is 2.28. The number of hydrogen-bond donors (Lipinski definition) is 1. The van der Waals surface area contributed by atoms with Gasteiger partial charge in [0.15, 0.2) is 5.65 Å². The summed E-state index contributed by atoms with van der Waals surface area (Å²) in [5.74, 6) is 1.10. The lowest BCUT2D eigenvalue weighted by Gasteiger charge is -2.36. The first-order chi connectivity index (χ1) is 14.0. The monoisotopic (exact) mass is 398 g/mol. The molecule has 0 atom stereocenters. The predicted molar refractivity (Wildman–Crippen MR) is 105 cm³/mol. The van der Waals surface area contributed by atoms with Crippen LogP contribution in [-0.2, 0) is 6.54 Å². The Bertz CT molecular complexity index is 1190. The Hall–Kier alpha value is -3.14. The maximum absolute atomic E-state index is 13.0. The van der Waals surface area contributed by atoms with Gasteiger partial charge in [0, 0.05) is 36.6 Å². The van der Waals surface area contributed by atoms with E-state index in [4.69, 9.17) is 0 Å². The Morgan fingerprint density at radius 2 is 2.03 bits per heavy atom. The lowest BCUT2D eigenvalue weighted by molar-refractivity contribution is 0.127. The van der Waals surface area contributed by atoms with Crippen LogP contribution in [0.5, 0.6) is 0 Å². The minimum atomic E-state index is -2.46. The van der Waals surface area contributed by atoms with Crippen molar-refractivity contribution < 1.29 is 8.78 Å². The number of likely N-dealkylation sites (N-methyl/N-ethyl adjacent to an activating group) is 1. The van der Waals surface area contributed by atoms with Crippen molar-refractivity contribution in [2.75, 3.05) is 25.5 Å². The van der Waals surface area contributed by atoms with Crippen molar-refractivity contribution in [2.24, 2.45) is 0 Å². The highest BCUT2D eigenvalue weighted by molar-refractivity contribution is 5.85. The Labute approximate surface area is 165 Å². The van der Waals surface area contributed by atoms with E-state index in [0.29, 0.717) is 29.0 Å². The fraction of sp³-hybridized carbons (Fsp3) is 0.368. The van der Waals surface area contributed by atoms with E-state index in [1.807, 2.05) is 18.3 Å². The third kappa shape index (κ3) is 3.19. The summed E-state index contributed by atoms with van der Waals surface area (Å²) in [5.41, 5.74) is 3.56. The molecule has 5 heterocycles. The molecule has 1 fully saturated rings. The summed E-state index contributed by atoms with van der Waals surface area (Å²) in [7, 11) is 2.07. The fourth-order valence-corrected chi connectivity index (χ4v) is 3.82. The Morgan fingerprint density at radius 1 is 1.21 bits per heavy atom. The van der Waals surface area contributed by atoms with Crippen molar-refractivity contribution >= 4 is 22.6 Å².